The van der Waals surface area contributed by atoms with Crippen molar-refractivity contribution in [3.8, 4) is 5.75 Å². The summed E-state index contributed by atoms with van der Waals surface area (Å²) in [5.74, 6) is -1.76. The van der Waals surface area contributed by atoms with Crippen LogP contribution < -0.4 is 10.1 Å². The summed E-state index contributed by atoms with van der Waals surface area (Å²) in [5.41, 5.74) is 0.489. The molecule has 0 aromatic heterocycles. The van der Waals surface area contributed by atoms with Crippen LogP contribution in [-0.2, 0) is 4.74 Å². The number of methoxy groups -OCH3 is 1. The predicted octanol–water partition coefficient (Wildman–Crippen LogP) is 1.63. The molecule has 1 aromatic rings. The molecule has 0 bridgehead atoms. The zero-order valence-corrected chi connectivity index (χ0v) is 8.93. The Kier molecular flexibility index (Phi) is 3.36. The average molecular weight is 229 g/mol. The van der Waals surface area contributed by atoms with Crippen molar-refractivity contribution in [3.63, 3.8) is 0 Å². The lowest BCUT2D eigenvalue weighted by Crippen LogP contribution is -2.33. The van der Waals surface area contributed by atoms with Crippen LogP contribution in [0, 0.1) is 11.6 Å². The van der Waals surface area contributed by atoms with E-state index in [1.54, 1.807) is 0 Å². The molecule has 0 radical (unpaired) electrons. The summed E-state index contributed by atoms with van der Waals surface area (Å²) in [4.78, 5) is 0. The predicted molar refractivity (Wildman–Crippen MR) is 54.5 cm³/mol. The van der Waals surface area contributed by atoms with Crippen LogP contribution in [0.1, 0.15) is 11.7 Å². The first-order valence-electron chi connectivity index (χ1n) is 5.07. The van der Waals surface area contributed by atoms with Gasteiger partial charge < -0.3 is 14.8 Å². The van der Waals surface area contributed by atoms with Gasteiger partial charge in [-0.2, -0.15) is 0 Å². The van der Waals surface area contributed by atoms with Gasteiger partial charge in [-0.1, -0.05) is 0 Å². The SMILES string of the molecule is COc1c(F)cc(C2CNCCO2)cc1F. The van der Waals surface area contributed by atoms with E-state index in [0.717, 1.165) is 6.54 Å². The van der Waals surface area contributed by atoms with Crippen LogP contribution in [0.15, 0.2) is 12.1 Å². The summed E-state index contributed by atoms with van der Waals surface area (Å²) in [6.07, 6.45) is -0.302. The number of morpholine rings is 1. The third kappa shape index (κ3) is 2.15. The van der Waals surface area contributed by atoms with Gasteiger partial charge in [0.25, 0.3) is 0 Å². The fourth-order valence-electron chi connectivity index (χ4n) is 1.74. The minimum absolute atomic E-state index is 0.302. The summed E-state index contributed by atoms with van der Waals surface area (Å²) < 4.78 is 36.9. The molecule has 1 aliphatic heterocycles. The van der Waals surface area contributed by atoms with E-state index in [1.807, 2.05) is 0 Å². The molecule has 16 heavy (non-hydrogen) atoms. The van der Waals surface area contributed by atoms with Gasteiger partial charge in [0.05, 0.1) is 19.8 Å². The highest BCUT2D eigenvalue weighted by molar-refractivity contribution is 5.32. The largest absolute Gasteiger partial charge is 0.491 e. The van der Waals surface area contributed by atoms with Crippen molar-refractivity contribution in [1.82, 2.24) is 5.32 Å². The molecule has 5 heteroatoms. The van der Waals surface area contributed by atoms with E-state index in [2.05, 4.69) is 10.1 Å². The number of halogens is 2. The summed E-state index contributed by atoms with van der Waals surface area (Å²) in [7, 11) is 1.24. The Morgan fingerprint density at radius 2 is 2.06 bits per heavy atom. The zero-order chi connectivity index (χ0) is 11.5. The Morgan fingerprint density at radius 1 is 1.38 bits per heavy atom. The lowest BCUT2D eigenvalue weighted by molar-refractivity contribution is 0.0272. The van der Waals surface area contributed by atoms with E-state index in [4.69, 9.17) is 4.74 Å². The summed E-state index contributed by atoms with van der Waals surface area (Å²) in [5, 5.41) is 3.10. The smallest absolute Gasteiger partial charge is 0.190 e. The lowest BCUT2D eigenvalue weighted by Gasteiger charge is -2.24. The second-order valence-electron chi connectivity index (χ2n) is 3.58. The first kappa shape index (κ1) is 11.3. The Labute approximate surface area is 92.4 Å². The molecule has 0 saturated carbocycles. The highest BCUT2D eigenvalue weighted by Crippen LogP contribution is 2.27. The third-order valence-corrected chi connectivity index (χ3v) is 2.52. The van der Waals surface area contributed by atoms with Crippen LogP contribution in [-0.4, -0.2) is 26.8 Å². The van der Waals surface area contributed by atoms with Crippen molar-refractivity contribution in [2.45, 2.75) is 6.10 Å². The van der Waals surface area contributed by atoms with E-state index in [-0.39, 0.29) is 11.9 Å². The minimum atomic E-state index is -0.702. The first-order valence-corrected chi connectivity index (χ1v) is 5.07. The molecule has 1 aliphatic rings. The van der Waals surface area contributed by atoms with Crippen molar-refractivity contribution in [2.75, 3.05) is 26.8 Å². The van der Waals surface area contributed by atoms with Crippen LogP contribution >= 0.6 is 0 Å². The van der Waals surface area contributed by atoms with E-state index in [9.17, 15) is 8.78 Å². The molecule has 1 N–H and O–H groups in total. The van der Waals surface area contributed by atoms with Gasteiger partial charge in [-0.05, 0) is 17.7 Å². The second-order valence-corrected chi connectivity index (χ2v) is 3.58. The van der Waals surface area contributed by atoms with Gasteiger partial charge in [0, 0.05) is 13.1 Å². The molecule has 2 rings (SSSR count). The van der Waals surface area contributed by atoms with E-state index >= 15 is 0 Å². The Hall–Kier alpha value is -1.20. The molecular formula is C11H13F2NO2. The Bertz CT molecular complexity index is 355. The molecule has 1 heterocycles. The number of benzene rings is 1. The molecule has 1 unspecified atom stereocenters. The van der Waals surface area contributed by atoms with Crippen molar-refractivity contribution >= 4 is 0 Å². The van der Waals surface area contributed by atoms with Crippen LogP contribution in [0.3, 0.4) is 0 Å². The maximum Gasteiger partial charge on any atom is 0.190 e. The van der Waals surface area contributed by atoms with Crippen LogP contribution in [0.2, 0.25) is 0 Å². The Balaban J connectivity index is 2.28. The number of ether oxygens (including phenoxy) is 2. The van der Waals surface area contributed by atoms with Gasteiger partial charge in [-0.25, -0.2) is 8.78 Å². The molecule has 0 amide bonds. The fraction of sp³-hybridized carbons (Fsp3) is 0.455. The van der Waals surface area contributed by atoms with Gasteiger partial charge in [0.1, 0.15) is 0 Å². The van der Waals surface area contributed by atoms with Gasteiger partial charge in [0.15, 0.2) is 17.4 Å². The van der Waals surface area contributed by atoms with Crippen LogP contribution in [0.4, 0.5) is 8.78 Å². The van der Waals surface area contributed by atoms with Gasteiger partial charge >= 0.3 is 0 Å². The molecular weight excluding hydrogens is 216 g/mol. The number of rotatable bonds is 2. The van der Waals surface area contributed by atoms with Crippen LogP contribution in [0.5, 0.6) is 5.75 Å². The molecule has 1 atom stereocenters. The van der Waals surface area contributed by atoms with Gasteiger partial charge in [-0.3, -0.25) is 0 Å². The maximum absolute atomic E-state index is 13.4. The highest BCUT2D eigenvalue weighted by atomic mass is 19.1. The quantitative estimate of drug-likeness (QED) is 0.836. The van der Waals surface area contributed by atoms with Gasteiger partial charge in [0.2, 0.25) is 0 Å². The van der Waals surface area contributed by atoms with Crippen molar-refractivity contribution in [1.29, 1.82) is 0 Å². The molecule has 3 nitrogen and oxygen atoms in total. The normalized spacial score (nSPS) is 20.8. The van der Waals surface area contributed by atoms with Gasteiger partial charge in [-0.15, -0.1) is 0 Å². The Morgan fingerprint density at radius 3 is 2.56 bits per heavy atom. The summed E-state index contributed by atoms with van der Waals surface area (Å²) >= 11 is 0. The topological polar surface area (TPSA) is 30.5 Å². The lowest BCUT2D eigenvalue weighted by atomic mass is 10.1. The minimum Gasteiger partial charge on any atom is -0.491 e. The monoisotopic (exact) mass is 229 g/mol. The summed E-state index contributed by atoms with van der Waals surface area (Å²) in [6.45, 7) is 1.86. The fourth-order valence-corrected chi connectivity index (χ4v) is 1.74. The van der Waals surface area contributed by atoms with E-state index in [0.29, 0.717) is 18.7 Å². The zero-order valence-electron chi connectivity index (χ0n) is 8.93. The van der Waals surface area contributed by atoms with Crippen LogP contribution in [0.25, 0.3) is 0 Å². The van der Waals surface area contributed by atoms with E-state index < -0.39 is 11.6 Å². The van der Waals surface area contributed by atoms with Crippen molar-refractivity contribution in [3.05, 3.63) is 29.3 Å². The van der Waals surface area contributed by atoms with E-state index in [1.165, 1.54) is 19.2 Å². The number of nitrogens with one attached hydrogen (secondary N) is 1. The van der Waals surface area contributed by atoms with Crippen molar-refractivity contribution in [2.24, 2.45) is 0 Å². The second kappa shape index (κ2) is 4.76. The third-order valence-electron chi connectivity index (χ3n) is 2.52. The molecule has 1 fully saturated rings. The molecule has 1 aromatic carbocycles. The molecule has 1 saturated heterocycles. The average Bonchev–Trinajstić information content (AvgIpc) is 2.30. The first-order chi connectivity index (χ1) is 7.72. The maximum atomic E-state index is 13.4. The van der Waals surface area contributed by atoms with Crippen molar-refractivity contribution < 1.29 is 18.3 Å². The highest BCUT2D eigenvalue weighted by Gasteiger charge is 2.20. The number of hydrogen-bond donors (Lipinski definition) is 1. The molecule has 88 valence electrons. The standard InChI is InChI=1S/C11H13F2NO2/c1-15-11-8(12)4-7(5-9(11)13)10-6-14-2-3-16-10/h4-5,10,14H,2-3,6H2,1H3. The molecule has 0 aliphatic carbocycles. The summed E-state index contributed by atoms with van der Waals surface area (Å²) in [6, 6.07) is 2.50. The number of hydrogen-bond acceptors (Lipinski definition) is 3. The molecule has 0 spiro atoms.